The van der Waals surface area contributed by atoms with Gasteiger partial charge in [0, 0.05) is 16.9 Å². The molecular weight excluding hydrogens is 280 g/mol. The van der Waals surface area contributed by atoms with Crippen LogP contribution in [0.15, 0.2) is 48.7 Å². The van der Waals surface area contributed by atoms with Gasteiger partial charge in [0.2, 0.25) is 0 Å². The third-order valence-corrected chi connectivity index (χ3v) is 2.78. The summed E-state index contributed by atoms with van der Waals surface area (Å²) < 4.78 is 0. The lowest BCUT2D eigenvalue weighted by molar-refractivity contribution is -0.135. The second-order valence-corrected chi connectivity index (χ2v) is 4.42. The lowest BCUT2D eigenvalue weighted by Gasteiger charge is -2.20. The van der Waals surface area contributed by atoms with Crippen LogP contribution in [0.2, 0.25) is 5.02 Å². The summed E-state index contributed by atoms with van der Waals surface area (Å²) in [5, 5.41) is 9.39. The normalized spacial score (nSPS) is 10.1. The van der Waals surface area contributed by atoms with Crippen molar-refractivity contribution in [3.8, 4) is 0 Å². The van der Waals surface area contributed by atoms with E-state index in [2.05, 4.69) is 4.98 Å². The first-order valence-electron chi connectivity index (χ1n) is 5.78. The average molecular weight is 291 g/mol. The summed E-state index contributed by atoms with van der Waals surface area (Å²) in [6.07, 6.45) is 1.48. The lowest BCUT2D eigenvalue weighted by atomic mass is 10.2. The zero-order chi connectivity index (χ0) is 14.5. The number of carbonyl (C=O) groups excluding carboxylic acids is 1. The van der Waals surface area contributed by atoms with Crippen LogP contribution in [0.25, 0.3) is 0 Å². The fraction of sp³-hybridized carbons (Fsp3) is 0.0714. The molecule has 0 aliphatic carbocycles. The molecule has 1 heterocycles. The molecule has 1 aromatic carbocycles. The van der Waals surface area contributed by atoms with Crippen LogP contribution in [0.5, 0.6) is 0 Å². The number of rotatable bonds is 4. The molecule has 2 rings (SSSR count). The zero-order valence-corrected chi connectivity index (χ0v) is 11.1. The van der Waals surface area contributed by atoms with Gasteiger partial charge in [-0.1, -0.05) is 23.7 Å². The number of carboxylic acid groups (broad SMARTS) is 1. The summed E-state index contributed by atoms with van der Waals surface area (Å²) >= 11 is 5.88. The van der Waals surface area contributed by atoms with Crippen LogP contribution in [0.3, 0.4) is 0 Å². The van der Waals surface area contributed by atoms with E-state index in [9.17, 15) is 9.59 Å². The van der Waals surface area contributed by atoms with E-state index in [-0.39, 0.29) is 5.69 Å². The molecule has 0 atom stereocenters. The van der Waals surface area contributed by atoms with E-state index in [0.29, 0.717) is 10.7 Å². The maximum absolute atomic E-state index is 12.3. The third kappa shape index (κ3) is 3.33. The van der Waals surface area contributed by atoms with Gasteiger partial charge in [-0.05, 0) is 30.3 Å². The Hall–Kier alpha value is -2.40. The highest BCUT2D eigenvalue weighted by atomic mass is 35.5. The summed E-state index contributed by atoms with van der Waals surface area (Å²) in [4.78, 5) is 28.4. The molecular formula is C14H11ClN2O3. The Balaban J connectivity index is 2.38. The maximum atomic E-state index is 12.3. The molecule has 0 saturated heterocycles. The molecule has 1 amide bonds. The van der Waals surface area contributed by atoms with Crippen molar-refractivity contribution in [1.82, 2.24) is 4.98 Å². The van der Waals surface area contributed by atoms with E-state index in [4.69, 9.17) is 16.7 Å². The molecule has 0 aliphatic rings. The van der Waals surface area contributed by atoms with Gasteiger partial charge < -0.3 is 5.11 Å². The molecule has 2 aromatic rings. The predicted octanol–water partition coefficient (Wildman–Crippen LogP) is 2.47. The molecule has 6 heteroatoms. The van der Waals surface area contributed by atoms with E-state index < -0.39 is 18.4 Å². The van der Waals surface area contributed by atoms with E-state index in [1.807, 2.05) is 0 Å². The van der Waals surface area contributed by atoms with Gasteiger partial charge in [0.15, 0.2) is 0 Å². The van der Waals surface area contributed by atoms with Crippen molar-refractivity contribution < 1.29 is 14.7 Å². The van der Waals surface area contributed by atoms with E-state index in [0.717, 1.165) is 4.90 Å². The highest BCUT2D eigenvalue weighted by molar-refractivity contribution is 6.31. The van der Waals surface area contributed by atoms with E-state index in [1.165, 1.54) is 18.3 Å². The monoisotopic (exact) mass is 290 g/mol. The number of carbonyl (C=O) groups is 2. The van der Waals surface area contributed by atoms with Gasteiger partial charge >= 0.3 is 5.97 Å². The van der Waals surface area contributed by atoms with Crippen LogP contribution in [0.4, 0.5) is 5.69 Å². The maximum Gasteiger partial charge on any atom is 0.323 e. The van der Waals surface area contributed by atoms with Crippen molar-refractivity contribution >= 4 is 29.2 Å². The Kier molecular flexibility index (Phi) is 4.32. The molecule has 0 spiro atoms. The Morgan fingerprint density at radius 2 is 2.00 bits per heavy atom. The number of pyridine rings is 1. The number of carboxylic acids is 1. The van der Waals surface area contributed by atoms with Crippen LogP contribution in [0, 0.1) is 0 Å². The molecule has 0 unspecified atom stereocenters. The number of benzene rings is 1. The summed E-state index contributed by atoms with van der Waals surface area (Å²) in [6, 6.07) is 11.3. The van der Waals surface area contributed by atoms with Gasteiger partial charge in [-0.3, -0.25) is 19.5 Å². The lowest BCUT2D eigenvalue weighted by Crippen LogP contribution is -2.36. The largest absolute Gasteiger partial charge is 0.480 e. The van der Waals surface area contributed by atoms with Crippen LogP contribution in [-0.2, 0) is 4.79 Å². The predicted molar refractivity (Wildman–Crippen MR) is 75.0 cm³/mol. The van der Waals surface area contributed by atoms with Crippen LogP contribution in [-0.4, -0.2) is 28.5 Å². The van der Waals surface area contributed by atoms with Gasteiger partial charge in [-0.2, -0.15) is 0 Å². The number of hydrogen-bond donors (Lipinski definition) is 1. The van der Waals surface area contributed by atoms with Gasteiger partial charge in [-0.25, -0.2) is 0 Å². The minimum atomic E-state index is -1.12. The Bertz CT molecular complexity index is 631. The first-order valence-corrected chi connectivity index (χ1v) is 6.16. The molecule has 0 aliphatic heterocycles. The van der Waals surface area contributed by atoms with Gasteiger partial charge in [0.05, 0.1) is 0 Å². The van der Waals surface area contributed by atoms with Crippen molar-refractivity contribution in [3.63, 3.8) is 0 Å². The molecule has 1 aromatic heterocycles. The second kappa shape index (κ2) is 6.16. The first kappa shape index (κ1) is 14.0. The minimum absolute atomic E-state index is 0.175. The Labute approximate surface area is 120 Å². The van der Waals surface area contributed by atoms with Crippen LogP contribution < -0.4 is 4.90 Å². The van der Waals surface area contributed by atoms with Crippen LogP contribution in [0.1, 0.15) is 10.5 Å². The highest BCUT2D eigenvalue weighted by Crippen LogP contribution is 2.20. The van der Waals surface area contributed by atoms with Crippen molar-refractivity contribution in [2.24, 2.45) is 0 Å². The van der Waals surface area contributed by atoms with Crippen molar-refractivity contribution in [2.75, 3.05) is 11.4 Å². The molecule has 1 N–H and O–H groups in total. The fourth-order valence-electron chi connectivity index (χ4n) is 1.69. The molecule has 0 saturated carbocycles. The van der Waals surface area contributed by atoms with Crippen molar-refractivity contribution in [2.45, 2.75) is 0 Å². The quantitative estimate of drug-likeness (QED) is 0.939. The highest BCUT2D eigenvalue weighted by Gasteiger charge is 2.21. The number of halogens is 1. The minimum Gasteiger partial charge on any atom is -0.480 e. The zero-order valence-electron chi connectivity index (χ0n) is 10.4. The number of nitrogens with zero attached hydrogens (tertiary/aromatic N) is 2. The van der Waals surface area contributed by atoms with Crippen molar-refractivity contribution in [3.05, 3.63) is 59.4 Å². The molecule has 0 fully saturated rings. The van der Waals surface area contributed by atoms with E-state index >= 15 is 0 Å². The number of aliphatic carboxylic acids is 1. The van der Waals surface area contributed by atoms with Crippen molar-refractivity contribution in [1.29, 1.82) is 0 Å². The van der Waals surface area contributed by atoms with Gasteiger partial charge in [0.25, 0.3) is 5.91 Å². The molecule has 0 bridgehead atoms. The average Bonchev–Trinajstić information content (AvgIpc) is 2.45. The number of anilines is 1. The molecule has 20 heavy (non-hydrogen) atoms. The topological polar surface area (TPSA) is 70.5 Å². The summed E-state index contributed by atoms with van der Waals surface area (Å²) in [5.74, 6) is -1.61. The fourth-order valence-corrected chi connectivity index (χ4v) is 1.87. The SMILES string of the molecule is O=C(O)CN(C(=O)c1ccccn1)c1cccc(Cl)c1. The van der Waals surface area contributed by atoms with Gasteiger partial charge in [-0.15, -0.1) is 0 Å². The van der Waals surface area contributed by atoms with Crippen LogP contribution >= 0.6 is 11.6 Å². The number of amides is 1. The second-order valence-electron chi connectivity index (χ2n) is 3.98. The smallest absolute Gasteiger partial charge is 0.323 e. The summed E-state index contributed by atoms with van der Waals surface area (Å²) in [5.41, 5.74) is 0.587. The first-order chi connectivity index (χ1) is 9.58. The number of hydrogen-bond acceptors (Lipinski definition) is 3. The summed E-state index contributed by atoms with van der Waals surface area (Å²) in [6.45, 7) is -0.463. The standard InChI is InChI=1S/C14H11ClN2O3/c15-10-4-3-5-11(8-10)17(9-13(18)19)14(20)12-6-1-2-7-16-12/h1-8H,9H2,(H,18,19). The molecule has 5 nitrogen and oxygen atoms in total. The Morgan fingerprint density at radius 3 is 2.60 bits per heavy atom. The molecule has 102 valence electrons. The number of aromatic nitrogens is 1. The third-order valence-electron chi connectivity index (χ3n) is 2.54. The van der Waals surface area contributed by atoms with Gasteiger partial charge in [0.1, 0.15) is 12.2 Å². The Morgan fingerprint density at radius 1 is 1.20 bits per heavy atom. The summed E-state index contributed by atoms with van der Waals surface area (Å²) in [7, 11) is 0. The molecule has 0 radical (unpaired) electrons. The van der Waals surface area contributed by atoms with E-state index in [1.54, 1.807) is 30.3 Å².